The molecule has 3 N–H and O–H groups in total. The van der Waals surface area contributed by atoms with E-state index in [1.807, 2.05) is 19.3 Å². The van der Waals surface area contributed by atoms with Crippen molar-refractivity contribution in [1.82, 2.24) is 19.7 Å². The molecule has 0 aliphatic rings. The van der Waals surface area contributed by atoms with Crippen molar-refractivity contribution in [3.8, 4) is 11.3 Å². The molecule has 0 bridgehead atoms. The van der Waals surface area contributed by atoms with Crippen molar-refractivity contribution in [1.29, 1.82) is 0 Å². The molecule has 0 saturated heterocycles. The Bertz CT molecular complexity index is 464. The average molecular weight is 218 g/mol. The second-order valence-corrected chi connectivity index (χ2v) is 3.38. The van der Waals surface area contributed by atoms with Crippen molar-refractivity contribution in [2.75, 3.05) is 18.4 Å². The zero-order valence-corrected chi connectivity index (χ0v) is 9.09. The highest BCUT2D eigenvalue weighted by Crippen LogP contribution is 2.15. The van der Waals surface area contributed by atoms with E-state index in [0.717, 1.165) is 11.3 Å². The van der Waals surface area contributed by atoms with Gasteiger partial charge in [0.15, 0.2) is 0 Å². The van der Waals surface area contributed by atoms with E-state index in [4.69, 9.17) is 5.73 Å². The first kappa shape index (κ1) is 10.6. The van der Waals surface area contributed by atoms with Crippen molar-refractivity contribution in [3.63, 3.8) is 0 Å². The SMILES string of the molecule is Cn1cc(-c2ccnc(NCCN)n2)cn1. The molecule has 84 valence electrons. The highest BCUT2D eigenvalue weighted by atomic mass is 15.2. The molecular weight excluding hydrogens is 204 g/mol. The smallest absolute Gasteiger partial charge is 0.223 e. The largest absolute Gasteiger partial charge is 0.353 e. The third-order valence-electron chi connectivity index (χ3n) is 2.08. The monoisotopic (exact) mass is 218 g/mol. The topological polar surface area (TPSA) is 81.7 Å². The lowest BCUT2D eigenvalue weighted by atomic mass is 10.2. The van der Waals surface area contributed by atoms with Gasteiger partial charge < -0.3 is 11.1 Å². The maximum atomic E-state index is 5.40. The number of aryl methyl sites for hydroxylation is 1. The highest BCUT2D eigenvalue weighted by molar-refractivity contribution is 5.57. The van der Waals surface area contributed by atoms with Crippen LogP contribution in [0, 0.1) is 0 Å². The summed E-state index contributed by atoms with van der Waals surface area (Å²) in [6.07, 6.45) is 5.40. The lowest BCUT2D eigenvalue weighted by molar-refractivity contribution is 0.768. The van der Waals surface area contributed by atoms with Crippen LogP contribution in [0.2, 0.25) is 0 Å². The predicted molar refractivity (Wildman–Crippen MR) is 61.8 cm³/mol. The summed E-state index contributed by atoms with van der Waals surface area (Å²) >= 11 is 0. The van der Waals surface area contributed by atoms with Crippen LogP contribution in [0.15, 0.2) is 24.7 Å². The van der Waals surface area contributed by atoms with Crippen LogP contribution in [0.4, 0.5) is 5.95 Å². The second kappa shape index (κ2) is 4.71. The number of rotatable bonds is 4. The van der Waals surface area contributed by atoms with E-state index in [9.17, 15) is 0 Å². The summed E-state index contributed by atoms with van der Waals surface area (Å²) in [5.41, 5.74) is 7.22. The number of hydrogen-bond donors (Lipinski definition) is 2. The fourth-order valence-corrected chi connectivity index (χ4v) is 1.34. The van der Waals surface area contributed by atoms with E-state index in [0.29, 0.717) is 19.0 Å². The minimum absolute atomic E-state index is 0.556. The molecule has 2 aromatic rings. The van der Waals surface area contributed by atoms with Crippen LogP contribution in [-0.2, 0) is 7.05 Å². The van der Waals surface area contributed by atoms with Gasteiger partial charge in [0, 0.05) is 38.1 Å². The molecule has 6 nitrogen and oxygen atoms in total. The van der Waals surface area contributed by atoms with Gasteiger partial charge in [0.25, 0.3) is 0 Å². The van der Waals surface area contributed by atoms with Gasteiger partial charge in [0.1, 0.15) is 0 Å². The van der Waals surface area contributed by atoms with Gasteiger partial charge >= 0.3 is 0 Å². The summed E-state index contributed by atoms with van der Waals surface area (Å²) in [6.45, 7) is 1.22. The normalized spacial score (nSPS) is 10.4. The first-order valence-corrected chi connectivity index (χ1v) is 5.05. The molecule has 0 aliphatic carbocycles. The van der Waals surface area contributed by atoms with Gasteiger partial charge in [-0.15, -0.1) is 0 Å². The Balaban J connectivity index is 2.22. The highest BCUT2D eigenvalue weighted by Gasteiger charge is 2.03. The molecule has 2 aromatic heterocycles. The molecular formula is C10H14N6. The molecule has 0 radical (unpaired) electrons. The summed E-state index contributed by atoms with van der Waals surface area (Å²) < 4.78 is 1.74. The van der Waals surface area contributed by atoms with Gasteiger partial charge in [0.05, 0.1) is 11.9 Å². The van der Waals surface area contributed by atoms with Gasteiger partial charge in [0.2, 0.25) is 5.95 Å². The van der Waals surface area contributed by atoms with Gasteiger partial charge in [-0.1, -0.05) is 0 Å². The Hall–Kier alpha value is -1.95. The standard InChI is InChI=1S/C10H14N6/c1-16-7-8(6-14-16)9-2-4-12-10(15-9)13-5-3-11/h2,4,6-7H,3,5,11H2,1H3,(H,12,13,15). The number of nitrogens with zero attached hydrogens (tertiary/aromatic N) is 4. The number of nitrogens with two attached hydrogens (primary N) is 1. The second-order valence-electron chi connectivity index (χ2n) is 3.38. The summed E-state index contributed by atoms with van der Waals surface area (Å²) in [4.78, 5) is 8.47. The summed E-state index contributed by atoms with van der Waals surface area (Å²) in [7, 11) is 1.87. The molecule has 16 heavy (non-hydrogen) atoms. The van der Waals surface area contributed by atoms with Gasteiger partial charge in [-0.05, 0) is 6.07 Å². The van der Waals surface area contributed by atoms with Crippen molar-refractivity contribution in [3.05, 3.63) is 24.7 Å². The van der Waals surface area contributed by atoms with Gasteiger partial charge in [-0.3, -0.25) is 4.68 Å². The van der Waals surface area contributed by atoms with Crippen LogP contribution in [0.25, 0.3) is 11.3 Å². The Kier molecular flexibility index (Phi) is 3.11. The maximum absolute atomic E-state index is 5.40. The van der Waals surface area contributed by atoms with Crippen molar-refractivity contribution in [2.24, 2.45) is 12.8 Å². The minimum Gasteiger partial charge on any atom is -0.353 e. The summed E-state index contributed by atoms with van der Waals surface area (Å²) in [5.74, 6) is 0.590. The average Bonchev–Trinajstić information content (AvgIpc) is 2.74. The van der Waals surface area contributed by atoms with Gasteiger partial charge in [-0.2, -0.15) is 5.10 Å². The number of nitrogens with one attached hydrogen (secondary N) is 1. The van der Waals surface area contributed by atoms with Crippen LogP contribution < -0.4 is 11.1 Å². The first-order chi connectivity index (χ1) is 7.79. The van der Waals surface area contributed by atoms with E-state index < -0.39 is 0 Å². The molecule has 0 atom stereocenters. The summed E-state index contributed by atoms with van der Waals surface area (Å²) in [5, 5.41) is 7.14. The fraction of sp³-hybridized carbons (Fsp3) is 0.300. The molecule has 0 saturated carbocycles. The van der Waals surface area contributed by atoms with Crippen LogP contribution in [0.3, 0.4) is 0 Å². The third-order valence-corrected chi connectivity index (χ3v) is 2.08. The zero-order chi connectivity index (χ0) is 11.4. The van der Waals surface area contributed by atoms with Crippen molar-refractivity contribution >= 4 is 5.95 Å². The van der Waals surface area contributed by atoms with Crippen LogP contribution in [0.5, 0.6) is 0 Å². The van der Waals surface area contributed by atoms with E-state index in [1.165, 1.54) is 0 Å². The van der Waals surface area contributed by atoms with Crippen LogP contribution in [-0.4, -0.2) is 32.8 Å². The third kappa shape index (κ3) is 2.34. The van der Waals surface area contributed by atoms with Crippen LogP contribution >= 0.6 is 0 Å². The van der Waals surface area contributed by atoms with E-state index in [2.05, 4.69) is 20.4 Å². The number of hydrogen-bond acceptors (Lipinski definition) is 5. The Labute approximate surface area is 93.5 Å². The number of aromatic nitrogens is 4. The fourth-order valence-electron chi connectivity index (χ4n) is 1.34. The molecule has 0 amide bonds. The predicted octanol–water partition coefficient (Wildman–Crippen LogP) is 0.248. The van der Waals surface area contributed by atoms with Gasteiger partial charge in [-0.25, -0.2) is 9.97 Å². The molecule has 2 rings (SSSR count). The zero-order valence-electron chi connectivity index (χ0n) is 9.09. The number of anilines is 1. The molecule has 0 unspecified atom stereocenters. The lowest BCUT2D eigenvalue weighted by Crippen LogP contribution is -2.14. The molecule has 6 heteroatoms. The quantitative estimate of drug-likeness (QED) is 0.768. The van der Waals surface area contributed by atoms with Crippen LogP contribution in [0.1, 0.15) is 0 Å². The lowest BCUT2D eigenvalue weighted by Gasteiger charge is -2.03. The van der Waals surface area contributed by atoms with E-state index in [1.54, 1.807) is 17.1 Å². The Morgan fingerprint density at radius 2 is 2.38 bits per heavy atom. The summed E-state index contributed by atoms with van der Waals surface area (Å²) in [6, 6.07) is 1.85. The van der Waals surface area contributed by atoms with E-state index in [-0.39, 0.29) is 0 Å². The Morgan fingerprint density at radius 3 is 3.06 bits per heavy atom. The molecule has 0 aliphatic heterocycles. The Morgan fingerprint density at radius 1 is 1.50 bits per heavy atom. The maximum Gasteiger partial charge on any atom is 0.223 e. The van der Waals surface area contributed by atoms with Crippen molar-refractivity contribution in [2.45, 2.75) is 0 Å². The molecule has 0 fully saturated rings. The molecule has 0 spiro atoms. The van der Waals surface area contributed by atoms with E-state index >= 15 is 0 Å². The first-order valence-electron chi connectivity index (χ1n) is 5.05. The molecule has 2 heterocycles. The molecule has 0 aromatic carbocycles. The minimum atomic E-state index is 0.556. The van der Waals surface area contributed by atoms with Crippen molar-refractivity contribution < 1.29 is 0 Å².